The highest BCUT2D eigenvalue weighted by Crippen LogP contribution is 2.17. The largest absolute Gasteiger partial charge is 0.349 e. The van der Waals surface area contributed by atoms with Gasteiger partial charge in [-0.3, -0.25) is 4.79 Å². The highest BCUT2D eigenvalue weighted by molar-refractivity contribution is 5.94. The number of carbonyl (C=O) groups excluding carboxylic acids is 1. The minimum atomic E-state index is 0.0518. The summed E-state index contributed by atoms with van der Waals surface area (Å²) in [7, 11) is 0. The average Bonchev–Trinajstić information content (AvgIpc) is 2.31. The van der Waals surface area contributed by atoms with Gasteiger partial charge in [-0.15, -0.1) is 0 Å². The summed E-state index contributed by atoms with van der Waals surface area (Å²) < 4.78 is 0. The van der Waals surface area contributed by atoms with E-state index in [0.717, 1.165) is 18.4 Å². The SMILES string of the molecule is O=C(NC1CCCCC1)c1cc[c]cc1. The second kappa shape index (κ2) is 4.96. The van der Waals surface area contributed by atoms with Crippen LogP contribution >= 0.6 is 0 Å². The van der Waals surface area contributed by atoms with Crippen molar-refractivity contribution in [2.75, 3.05) is 0 Å². The Kier molecular flexibility index (Phi) is 3.38. The van der Waals surface area contributed by atoms with Crippen LogP contribution in [0.25, 0.3) is 0 Å². The van der Waals surface area contributed by atoms with Crippen LogP contribution in [0.2, 0.25) is 0 Å². The van der Waals surface area contributed by atoms with Crippen LogP contribution in [-0.4, -0.2) is 11.9 Å². The van der Waals surface area contributed by atoms with Crippen LogP contribution in [0.15, 0.2) is 24.3 Å². The Balaban J connectivity index is 1.91. The van der Waals surface area contributed by atoms with E-state index < -0.39 is 0 Å². The molecule has 0 atom stereocenters. The first kappa shape index (κ1) is 10.2. The van der Waals surface area contributed by atoms with Crippen LogP contribution in [-0.2, 0) is 0 Å². The third-order valence-corrected chi connectivity index (χ3v) is 2.92. The van der Waals surface area contributed by atoms with E-state index in [9.17, 15) is 4.79 Å². The van der Waals surface area contributed by atoms with E-state index in [-0.39, 0.29) is 5.91 Å². The first-order valence-corrected chi connectivity index (χ1v) is 5.63. The number of carbonyl (C=O) groups is 1. The number of nitrogens with one attached hydrogen (secondary N) is 1. The van der Waals surface area contributed by atoms with Gasteiger partial charge in [0.1, 0.15) is 0 Å². The van der Waals surface area contributed by atoms with Gasteiger partial charge < -0.3 is 5.32 Å². The molecular weight excluding hydrogens is 186 g/mol. The number of rotatable bonds is 2. The first-order chi connectivity index (χ1) is 7.36. The molecule has 15 heavy (non-hydrogen) atoms. The van der Waals surface area contributed by atoms with Crippen molar-refractivity contribution in [1.29, 1.82) is 0 Å². The summed E-state index contributed by atoms with van der Waals surface area (Å²) in [5.74, 6) is 0.0518. The molecule has 1 amide bonds. The van der Waals surface area contributed by atoms with Crippen molar-refractivity contribution in [2.45, 2.75) is 38.1 Å². The highest BCUT2D eigenvalue weighted by Gasteiger charge is 2.15. The van der Waals surface area contributed by atoms with Gasteiger partial charge >= 0.3 is 0 Å². The lowest BCUT2D eigenvalue weighted by molar-refractivity contribution is 0.0927. The molecule has 1 aromatic carbocycles. The monoisotopic (exact) mass is 202 g/mol. The molecule has 2 nitrogen and oxygen atoms in total. The predicted octanol–water partition coefficient (Wildman–Crippen LogP) is 2.55. The van der Waals surface area contributed by atoms with E-state index in [4.69, 9.17) is 0 Å². The minimum absolute atomic E-state index is 0.0518. The van der Waals surface area contributed by atoms with Gasteiger partial charge in [0.05, 0.1) is 0 Å². The Bertz CT molecular complexity index is 315. The van der Waals surface area contributed by atoms with Gasteiger partial charge in [-0.25, -0.2) is 0 Å². The zero-order valence-electron chi connectivity index (χ0n) is 8.83. The van der Waals surface area contributed by atoms with E-state index in [1.54, 1.807) is 24.3 Å². The van der Waals surface area contributed by atoms with E-state index in [1.165, 1.54) is 19.3 Å². The number of hydrogen-bond acceptors (Lipinski definition) is 1. The summed E-state index contributed by atoms with van der Waals surface area (Å²) in [6.45, 7) is 0. The fourth-order valence-electron chi connectivity index (χ4n) is 2.05. The number of benzene rings is 1. The lowest BCUT2D eigenvalue weighted by Gasteiger charge is -2.22. The topological polar surface area (TPSA) is 29.1 Å². The van der Waals surface area contributed by atoms with Crippen LogP contribution in [0.5, 0.6) is 0 Å². The predicted molar refractivity (Wildman–Crippen MR) is 59.6 cm³/mol. The van der Waals surface area contributed by atoms with E-state index in [2.05, 4.69) is 11.4 Å². The minimum Gasteiger partial charge on any atom is -0.349 e. The van der Waals surface area contributed by atoms with Gasteiger partial charge in [-0.05, 0) is 31.0 Å². The highest BCUT2D eigenvalue weighted by atomic mass is 16.1. The van der Waals surface area contributed by atoms with E-state index in [0.29, 0.717) is 6.04 Å². The maximum absolute atomic E-state index is 11.8. The van der Waals surface area contributed by atoms with Gasteiger partial charge in [0, 0.05) is 11.6 Å². The molecule has 0 heterocycles. The molecule has 0 bridgehead atoms. The van der Waals surface area contributed by atoms with Crippen LogP contribution in [0, 0.1) is 6.07 Å². The fourth-order valence-corrected chi connectivity index (χ4v) is 2.05. The van der Waals surface area contributed by atoms with Gasteiger partial charge in [0.15, 0.2) is 0 Å². The number of amides is 1. The average molecular weight is 202 g/mol. The Morgan fingerprint density at radius 1 is 1.20 bits per heavy atom. The van der Waals surface area contributed by atoms with Crippen molar-refractivity contribution in [3.05, 3.63) is 35.9 Å². The zero-order chi connectivity index (χ0) is 10.5. The molecule has 0 spiro atoms. The molecule has 0 unspecified atom stereocenters. The van der Waals surface area contributed by atoms with Gasteiger partial charge in [0.2, 0.25) is 0 Å². The lowest BCUT2D eigenvalue weighted by Crippen LogP contribution is -2.36. The van der Waals surface area contributed by atoms with Gasteiger partial charge in [0.25, 0.3) is 5.91 Å². The molecule has 1 aliphatic rings. The third kappa shape index (κ3) is 2.82. The molecule has 79 valence electrons. The summed E-state index contributed by atoms with van der Waals surface area (Å²) in [4.78, 5) is 11.8. The summed E-state index contributed by atoms with van der Waals surface area (Å²) in [5, 5.41) is 3.08. The van der Waals surface area contributed by atoms with Crippen LogP contribution < -0.4 is 5.32 Å². The summed E-state index contributed by atoms with van der Waals surface area (Å²) in [6.07, 6.45) is 6.06. The lowest BCUT2D eigenvalue weighted by atomic mass is 9.95. The third-order valence-electron chi connectivity index (χ3n) is 2.92. The molecule has 1 aliphatic carbocycles. The van der Waals surface area contributed by atoms with Crippen molar-refractivity contribution < 1.29 is 4.79 Å². The maximum atomic E-state index is 11.8. The fraction of sp³-hybridized carbons (Fsp3) is 0.462. The first-order valence-electron chi connectivity index (χ1n) is 5.63. The standard InChI is InChI=1S/C13H16NO/c15-13(11-7-3-1-4-8-11)14-12-9-5-2-6-10-12/h3-4,7-8,12H,2,5-6,9-10H2,(H,14,15). The molecule has 1 aromatic rings. The molecule has 1 N–H and O–H groups in total. The Morgan fingerprint density at radius 2 is 1.87 bits per heavy atom. The van der Waals surface area contributed by atoms with Crippen molar-refractivity contribution in [1.82, 2.24) is 5.32 Å². The van der Waals surface area contributed by atoms with Crippen molar-refractivity contribution in [2.24, 2.45) is 0 Å². The summed E-state index contributed by atoms with van der Waals surface area (Å²) in [5.41, 5.74) is 0.735. The Hall–Kier alpha value is -1.31. The molecule has 1 saturated carbocycles. The molecule has 1 fully saturated rings. The molecular formula is C13H16NO. The second-order valence-corrected chi connectivity index (χ2v) is 4.10. The van der Waals surface area contributed by atoms with Crippen LogP contribution in [0.4, 0.5) is 0 Å². The number of hydrogen-bond donors (Lipinski definition) is 1. The zero-order valence-corrected chi connectivity index (χ0v) is 8.83. The van der Waals surface area contributed by atoms with Crippen molar-refractivity contribution in [3.8, 4) is 0 Å². The van der Waals surface area contributed by atoms with Crippen molar-refractivity contribution in [3.63, 3.8) is 0 Å². The molecule has 2 heteroatoms. The summed E-state index contributed by atoms with van der Waals surface area (Å²) >= 11 is 0. The molecule has 0 aliphatic heterocycles. The summed E-state index contributed by atoms with van der Waals surface area (Å²) in [6, 6.07) is 10.5. The molecule has 2 rings (SSSR count). The molecule has 1 radical (unpaired) electrons. The normalized spacial score (nSPS) is 17.3. The Labute approximate surface area is 90.7 Å². The van der Waals surface area contributed by atoms with Gasteiger partial charge in [-0.2, -0.15) is 0 Å². The van der Waals surface area contributed by atoms with E-state index >= 15 is 0 Å². The van der Waals surface area contributed by atoms with Crippen molar-refractivity contribution >= 4 is 5.91 Å². The molecule has 0 aromatic heterocycles. The Morgan fingerprint density at radius 3 is 2.53 bits per heavy atom. The maximum Gasteiger partial charge on any atom is 0.251 e. The van der Waals surface area contributed by atoms with Gasteiger partial charge in [-0.1, -0.05) is 31.4 Å². The van der Waals surface area contributed by atoms with Crippen LogP contribution in [0.3, 0.4) is 0 Å². The molecule has 0 saturated heterocycles. The quantitative estimate of drug-likeness (QED) is 0.784. The second-order valence-electron chi connectivity index (χ2n) is 4.10. The van der Waals surface area contributed by atoms with E-state index in [1.807, 2.05) is 0 Å². The van der Waals surface area contributed by atoms with Crippen LogP contribution in [0.1, 0.15) is 42.5 Å². The smallest absolute Gasteiger partial charge is 0.251 e.